The van der Waals surface area contributed by atoms with E-state index < -0.39 is 29.4 Å². The van der Waals surface area contributed by atoms with Crippen molar-refractivity contribution >= 4 is 17.9 Å². The summed E-state index contributed by atoms with van der Waals surface area (Å²) >= 11 is 0. The van der Waals surface area contributed by atoms with Gasteiger partial charge in [0.2, 0.25) is 0 Å². The molecule has 0 aliphatic heterocycles. The van der Waals surface area contributed by atoms with Gasteiger partial charge in [0.1, 0.15) is 12.8 Å². The third-order valence-electron chi connectivity index (χ3n) is 2.09. The number of carbonyl (C=O) groups excluding carboxylic acids is 1. The van der Waals surface area contributed by atoms with Crippen molar-refractivity contribution in [2.24, 2.45) is 5.41 Å². The Balaban J connectivity index is 4.09. The second-order valence-electron chi connectivity index (χ2n) is 4.85. The number of ether oxygens (including phenoxy) is 1. The van der Waals surface area contributed by atoms with Gasteiger partial charge in [-0.15, -0.1) is 0 Å². The van der Waals surface area contributed by atoms with Gasteiger partial charge in [0.05, 0.1) is 5.41 Å². The fourth-order valence-electron chi connectivity index (χ4n) is 1.00. The molecule has 0 saturated heterocycles. The number of carbonyl (C=O) groups is 3. The number of carboxylic acids is 2. The first-order valence-corrected chi connectivity index (χ1v) is 5.50. The molecule has 0 spiro atoms. The number of rotatable bonds is 7. The van der Waals surface area contributed by atoms with Crippen molar-refractivity contribution in [3.63, 3.8) is 0 Å². The number of esters is 1. The molecule has 0 bridgehead atoms. The lowest BCUT2D eigenvalue weighted by Gasteiger charge is -2.18. The Kier molecular flexibility index (Phi) is 6.32. The van der Waals surface area contributed by atoms with Crippen molar-refractivity contribution in [3.8, 4) is 0 Å². The molecule has 0 amide bonds. The third kappa shape index (κ3) is 6.85. The Morgan fingerprint density at radius 1 is 1.22 bits per heavy atom. The number of nitrogens with one attached hydrogen (secondary N) is 1. The van der Waals surface area contributed by atoms with Gasteiger partial charge < -0.3 is 14.9 Å². The van der Waals surface area contributed by atoms with Gasteiger partial charge in [0.25, 0.3) is 0 Å². The SMILES string of the molecule is CC(C)(C)C(=O)OCN[C@@H](CCC(=O)O)C(=O)O. The molecule has 3 N–H and O–H groups in total. The molecule has 104 valence electrons. The Hall–Kier alpha value is -1.63. The van der Waals surface area contributed by atoms with E-state index in [1.165, 1.54) is 0 Å². The lowest BCUT2D eigenvalue weighted by Crippen LogP contribution is -2.40. The maximum Gasteiger partial charge on any atom is 0.320 e. The standard InChI is InChI=1S/C11H19NO6/c1-11(2,3)10(17)18-6-12-7(9(15)16)4-5-8(13)14/h7,12H,4-6H2,1-3H3,(H,13,14)(H,15,16)/t7-/m0/s1. The predicted molar refractivity (Wildman–Crippen MR) is 61.8 cm³/mol. The topological polar surface area (TPSA) is 113 Å². The summed E-state index contributed by atoms with van der Waals surface area (Å²) in [4.78, 5) is 32.5. The Bertz CT molecular complexity index is 320. The van der Waals surface area contributed by atoms with Crippen molar-refractivity contribution < 1.29 is 29.3 Å². The zero-order valence-corrected chi connectivity index (χ0v) is 10.7. The van der Waals surface area contributed by atoms with E-state index in [4.69, 9.17) is 14.9 Å². The molecule has 0 aliphatic rings. The largest absolute Gasteiger partial charge is 0.481 e. The van der Waals surface area contributed by atoms with Crippen LogP contribution in [0.4, 0.5) is 0 Å². The molecule has 1 atom stereocenters. The summed E-state index contributed by atoms with van der Waals surface area (Å²) in [6, 6.07) is -1.05. The molecule has 0 heterocycles. The highest BCUT2D eigenvalue weighted by Gasteiger charge is 2.24. The van der Waals surface area contributed by atoms with Gasteiger partial charge in [-0.05, 0) is 27.2 Å². The summed E-state index contributed by atoms with van der Waals surface area (Å²) in [6.45, 7) is 4.77. The minimum atomic E-state index is -1.18. The summed E-state index contributed by atoms with van der Waals surface area (Å²) < 4.78 is 4.83. The normalized spacial score (nSPS) is 12.8. The first-order valence-electron chi connectivity index (χ1n) is 5.50. The second kappa shape index (κ2) is 6.95. The molecule has 7 heteroatoms. The van der Waals surface area contributed by atoms with Gasteiger partial charge in [-0.1, -0.05) is 0 Å². The van der Waals surface area contributed by atoms with Crippen LogP contribution in [0, 0.1) is 5.41 Å². The zero-order chi connectivity index (χ0) is 14.3. The molecule has 0 fully saturated rings. The first-order chi connectivity index (χ1) is 8.14. The maximum absolute atomic E-state index is 11.4. The molecule has 0 saturated carbocycles. The molecule has 7 nitrogen and oxygen atoms in total. The molecule has 0 aromatic heterocycles. The summed E-state index contributed by atoms with van der Waals surface area (Å²) in [5.74, 6) is -2.71. The summed E-state index contributed by atoms with van der Waals surface area (Å²) in [6.07, 6.45) is -0.338. The van der Waals surface area contributed by atoms with Gasteiger partial charge in [-0.2, -0.15) is 0 Å². The Morgan fingerprint density at radius 3 is 2.17 bits per heavy atom. The van der Waals surface area contributed by atoms with E-state index >= 15 is 0 Å². The van der Waals surface area contributed by atoms with E-state index in [-0.39, 0.29) is 19.6 Å². The van der Waals surface area contributed by atoms with E-state index in [1.807, 2.05) is 0 Å². The minimum Gasteiger partial charge on any atom is -0.481 e. The van der Waals surface area contributed by atoms with Crippen LogP contribution in [0.2, 0.25) is 0 Å². The number of hydrogen-bond donors (Lipinski definition) is 3. The minimum absolute atomic E-state index is 0.0717. The van der Waals surface area contributed by atoms with Gasteiger partial charge in [0, 0.05) is 6.42 Å². The van der Waals surface area contributed by atoms with Crippen molar-refractivity contribution in [2.45, 2.75) is 39.7 Å². The molecular formula is C11H19NO6. The molecule has 0 radical (unpaired) electrons. The summed E-state index contributed by atoms with van der Waals surface area (Å²) in [7, 11) is 0. The van der Waals surface area contributed by atoms with Crippen LogP contribution in [-0.4, -0.2) is 40.9 Å². The first kappa shape index (κ1) is 16.4. The van der Waals surface area contributed by atoms with Gasteiger partial charge >= 0.3 is 17.9 Å². The van der Waals surface area contributed by atoms with E-state index in [9.17, 15) is 14.4 Å². The van der Waals surface area contributed by atoms with Crippen molar-refractivity contribution in [1.29, 1.82) is 0 Å². The van der Waals surface area contributed by atoms with Crippen LogP contribution in [0.1, 0.15) is 33.6 Å². The highest BCUT2D eigenvalue weighted by molar-refractivity contribution is 5.76. The van der Waals surface area contributed by atoms with Crippen LogP contribution in [0.3, 0.4) is 0 Å². The maximum atomic E-state index is 11.4. The van der Waals surface area contributed by atoms with Gasteiger partial charge in [-0.3, -0.25) is 19.7 Å². The van der Waals surface area contributed by atoms with Crippen molar-refractivity contribution in [2.75, 3.05) is 6.73 Å². The van der Waals surface area contributed by atoms with E-state index in [2.05, 4.69) is 5.32 Å². The van der Waals surface area contributed by atoms with Gasteiger partial charge in [-0.25, -0.2) is 0 Å². The summed E-state index contributed by atoms with van der Waals surface area (Å²) in [5, 5.41) is 19.7. The lowest BCUT2D eigenvalue weighted by atomic mass is 9.98. The average molecular weight is 261 g/mol. The fraction of sp³-hybridized carbons (Fsp3) is 0.727. The quantitative estimate of drug-likeness (QED) is 0.450. The van der Waals surface area contributed by atoms with E-state index in [1.54, 1.807) is 20.8 Å². The zero-order valence-electron chi connectivity index (χ0n) is 10.7. The smallest absolute Gasteiger partial charge is 0.320 e. The Labute approximate surface area is 105 Å². The monoisotopic (exact) mass is 261 g/mol. The van der Waals surface area contributed by atoms with Crippen LogP contribution in [-0.2, 0) is 19.1 Å². The Morgan fingerprint density at radius 2 is 1.78 bits per heavy atom. The molecule has 0 rings (SSSR count). The van der Waals surface area contributed by atoms with E-state index in [0.29, 0.717) is 0 Å². The van der Waals surface area contributed by atoms with Crippen LogP contribution in [0.15, 0.2) is 0 Å². The second-order valence-corrected chi connectivity index (χ2v) is 4.85. The van der Waals surface area contributed by atoms with Gasteiger partial charge in [0.15, 0.2) is 0 Å². The highest BCUT2D eigenvalue weighted by Crippen LogP contribution is 2.14. The summed E-state index contributed by atoms with van der Waals surface area (Å²) in [5.41, 5.74) is -0.665. The molecule has 0 unspecified atom stereocenters. The fourth-order valence-corrected chi connectivity index (χ4v) is 1.00. The number of carboxylic acid groups (broad SMARTS) is 2. The van der Waals surface area contributed by atoms with Crippen molar-refractivity contribution in [1.82, 2.24) is 5.32 Å². The van der Waals surface area contributed by atoms with Crippen LogP contribution in [0.25, 0.3) is 0 Å². The number of hydrogen-bond acceptors (Lipinski definition) is 5. The lowest BCUT2D eigenvalue weighted by molar-refractivity contribution is -0.155. The number of aliphatic carboxylic acids is 2. The van der Waals surface area contributed by atoms with Crippen LogP contribution >= 0.6 is 0 Å². The average Bonchev–Trinajstić information content (AvgIpc) is 2.20. The van der Waals surface area contributed by atoms with Crippen molar-refractivity contribution in [3.05, 3.63) is 0 Å². The molecular weight excluding hydrogens is 242 g/mol. The van der Waals surface area contributed by atoms with Crippen LogP contribution < -0.4 is 5.32 Å². The molecule has 0 aromatic rings. The van der Waals surface area contributed by atoms with Crippen LogP contribution in [0.5, 0.6) is 0 Å². The molecule has 18 heavy (non-hydrogen) atoms. The van der Waals surface area contributed by atoms with E-state index in [0.717, 1.165) is 0 Å². The molecule has 0 aliphatic carbocycles. The molecule has 0 aromatic carbocycles. The highest BCUT2D eigenvalue weighted by atomic mass is 16.5. The third-order valence-corrected chi connectivity index (χ3v) is 2.09. The predicted octanol–water partition coefficient (Wildman–Crippen LogP) is 0.441.